The maximum Gasteiger partial charge on any atom is 0.257 e. The second-order valence-corrected chi connectivity index (χ2v) is 5.70. The quantitative estimate of drug-likeness (QED) is 0.618. The van der Waals surface area contributed by atoms with Crippen LogP contribution < -0.4 is 5.32 Å². The average Bonchev–Trinajstić information content (AvgIpc) is 3.36. The summed E-state index contributed by atoms with van der Waals surface area (Å²) in [7, 11) is 0. The predicted molar refractivity (Wildman–Crippen MR) is 89.1 cm³/mol. The molecule has 1 N–H and O–H groups in total. The number of rotatable bonds is 4. The van der Waals surface area contributed by atoms with Crippen LogP contribution >= 0.6 is 11.3 Å². The molecule has 0 aliphatic rings. The summed E-state index contributed by atoms with van der Waals surface area (Å²) in [6.45, 7) is 0. The lowest BCUT2D eigenvalue weighted by atomic mass is 10.2. The Balaban J connectivity index is 1.53. The van der Waals surface area contributed by atoms with E-state index < -0.39 is 0 Å². The van der Waals surface area contributed by atoms with Gasteiger partial charge in [0.2, 0.25) is 0 Å². The van der Waals surface area contributed by atoms with Gasteiger partial charge in [-0.15, -0.1) is 11.3 Å². The van der Waals surface area contributed by atoms with E-state index in [0.29, 0.717) is 28.0 Å². The van der Waals surface area contributed by atoms with E-state index in [2.05, 4.69) is 20.3 Å². The highest BCUT2D eigenvalue weighted by atomic mass is 32.1. The van der Waals surface area contributed by atoms with Crippen molar-refractivity contribution in [2.24, 2.45) is 0 Å². The molecule has 0 saturated heterocycles. The standard InChI is InChI=1S/C16H11N5O2S/c22-15(11-3-4-18-14(8-11)21-6-5-17-10-21)20-16-19-12(9-24-16)13-2-1-7-23-13/h1-10H,(H,19,20,22). The summed E-state index contributed by atoms with van der Waals surface area (Å²) < 4.78 is 7.03. The summed E-state index contributed by atoms with van der Waals surface area (Å²) in [4.78, 5) is 25.0. The number of pyridine rings is 1. The van der Waals surface area contributed by atoms with Crippen molar-refractivity contribution < 1.29 is 9.21 Å². The maximum absolute atomic E-state index is 12.4. The number of carbonyl (C=O) groups excluding carboxylic acids is 1. The third kappa shape index (κ3) is 2.82. The van der Waals surface area contributed by atoms with Crippen molar-refractivity contribution in [3.05, 3.63) is 66.4 Å². The Morgan fingerprint density at radius 3 is 3.04 bits per heavy atom. The van der Waals surface area contributed by atoms with Crippen LogP contribution in [0.2, 0.25) is 0 Å². The molecule has 8 heteroatoms. The van der Waals surface area contributed by atoms with Crippen molar-refractivity contribution in [3.8, 4) is 17.3 Å². The predicted octanol–water partition coefficient (Wildman–Crippen LogP) is 3.24. The first-order chi connectivity index (χ1) is 11.8. The highest BCUT2D eigenvalue weighted by molar-refractivity contribution is 7.14. The topological polar surface area (TPSA) is 85.8 Å². The molecule has 0 aliphatic carbocycles. The molecule has 0 unspecified atom stereocenters. The van der Waals surface area contributed by atoms with Crippen LogP contribution in [0.5, 0.6) is 0 Å². The number of thiazole rings is 1. The van der Waals surface area contributed by atoms with Crippen LogP contribution in [0.25, 0.3) is 17.3 Å². The van der Waals surface area contributed by atoms with E-state index in [1.807, 2.05) is 11.4 Å². The second kappa shape index (κ2) is 6.09. The van der Waals surface area contributed by atoms with E-state index >= 15 is 0 Å². The van der Waals surface area contributed by atoms with Crippen LogP contribution in [0.15, 0.2) is 65.2 Å². The molecule has 4 heterocycles. The molecule has 118 valence electrons. The van der Waals surface area contributed by atoms with Crippen LogP contribution in [0, 0.1) is 0 Å². The fourth-order valence-corrected chi connectivity index (χ4v) is 2.83. The zero-order valence-corrected chi connectivity index (χ0v) is 13.1. The van der Waals surface area contributed by atoms with Crippen molar-refractivity contribution in [1.82, 2.24) is 19.5 Å². The fraction of sp³-hybridized carbons (Fsp3) is 0. The number of aromatic nitrogens is 4. The van der Waals surface area contributed by atoms with Gasteiger partial charge in [0.05, 0.1) is 6.26 Å². The van der Waals surface area contributed by atoms with Gasteiger partial charge < -0.3 is 4.42 Å². The summed E-state index contributed by atoms with van der Waals surface area (Å²) in [5, 5.41) is 5.13. The van der Waals surface area contributed by atoms with Gasteiger partial charge in [0.15, 0.2) is 10.9 Å². The number of hydrogen-bond acceptors (Lipinski definition) is 6. The summed E-state index contributed by atoms with van der Waals surface area (Å²) in [5.74, 6) is 1.03. The molecule has 4 rings (SSSR count). The monoisotopic (exact) mass is 337 g/mol. The molecule has 0 spiro atoms. The largest absolute Gasteiger partial charge is 0.463 e. The molecule has 4 aromatic rings. The van der Waals surface area contributed by atoms with Crippen molar-refractivity contribution in [2.75, 3.05) is 5.32 Å². The minimum atomic E-state index is -0.251. The number of nitrogens with zero attached hydrogens (tertiary/aromatic N) is 4. The lowest BCUT2D eigenvalue weighted by Crippen LogP contribution is -2.12. The minimum absolute atomic E-state index is 0.251. The van der Waals surface area contributed by atoms with Crippen LogP contribution in [0.3, 0.4) is 0 Å². The fourth-order valence-electron chi connectivity index (χ4n) is 2.13. The van der Waals surface area contributed by atoms with Gasteiger partial charge in [-0.05, 0) is 24.3 Å². The van der Waals surface area contributed by atoms with E-state index in [1.165, 1.54) is 11.3 Å². The summed E-state index contributed by atoms with van der Waals surface area (Å²) in [5.41, 5.74) is 1.18. The Morgan fingerprint density at radius 2 is 2.25 bits per heavy atom. The molecule has 1 amide bonds. The first-order valence-electron chi connectivity index (χ1n) is 7.05. The Kier molecular flexibility index (Phi) is 3.64. The van der Waals surface area contributed by atoms with Crippen LogP contribution in [0.1, 0.15) is 10.4 Å². The van der Waals surface area contributed by atoms with Crippen molar-refractivity contribution >= 4 is 22.4 Å². The van der Waals surface area contributed by atoms with Gasteiger partial charge in [-0.2, -0.15) is 0 Å². The normalized spacial score (nSPS) is 10.7. The maximum atomic E-state index is 12.4. The van der Waals surface area contributed by atoms with Crippen molar-refractivity contribution in [3.63, 3.8) is 0 Å². The summed E-state index contributed by atoms with van der Waals surface area (Å²) >= 11 is 1.34. The lowest BCUT2D eigenvalue weighted by molar-refractivity contribution is 0.102. The molecule has 0 fully saturated rings. The van der Waals surface area contributed by atoms with E-state index in [9.17, 15) is 4.79 Å². The molecule has 24 heavy (non-hydrogen) atoms. The molecule has 0 saturated carbocycles. The van der Waals surface area contributed by atoms with Gasteiger partial charge in [-0.3, -0.25) is 14.7 Å². The van der Waals surface area contributed by atoms with Crippen molar-refractivity contribution in [2.45, 2.75) is 0 Å². The zero-order chi connectivity index (χ0) is 16.4. The van der Waals surface area contributed by atoms with Crippen LogP contribution in [0.4, 0.5) is 5.13 Å². The summed E-state index contributed by atoms with van der Waals surface area (Å²) in [6.07, 6.45) is 8.21. The number of anilines is 1. The Bertz CT molecular complexity index is 960. The molecule has 0 aromatic carbocycles. The number of nitrogens with one attached hydrogen (secondary N) is 1. The highest BCUT2D eigenvalue weighted by Crippen LogP contribution is 2.25. The molecule has 0 bridgehead atoms. The van der Waals surface area contributed by atoms with Gasteiger partial charge >= 0.3 is 0 Å². The molecule has 0 atom stereocenters. The number of amides is 1. The zero-order valence-electron chi connectivity index (χ0n) is 12.3. The van der Waals surface area contributed by atoms with Crippen molar-refractivity contribution in [1.29, 1.82) is 0 Å². The number of furan rings is 1. The van der Waals surface area contributed by atoms with E-state index in [4.69, 9.17) is 4.42 Å². The van der Waals surface area contributed by atoms with Gasteiger partial charge in [-0.1, -0.05) is 0 Å². The third-order valence-electron chi connectivity index (χ3n) is 3.27. The SMILES string of the molecule is O=C(Nc1nc(-c2ccco2)cs1)c1ccnc(-n2ccnc2)c1. The van der Waals surface area contributed by atoms with E-state index in [1.54, 1.807) is 53.9 Å². The van der Waals surface area contributed by atoms with Gasteiger partial charge in [-0.25, -0.2) is 15.0 Å². The first kappa shape index (κ1) is 14.3. The van der Waals surface area contributed by atoms with E-state index in [-0.39, 0.29) is 5.91 Å². The van der Waals surface area contributed by atoms with Crippen LogP contribution in [-0.4, -0.2) is 25.4 Å². The van der Waals surface area contributed by atoms with Gasteiger partial charge in [0, 0.05) is 29.5 Å². The Morgan fingerprint density at radius 1 is 1.29 bits per heavy atom. The molecular formula is C16H11N5O2S. The molecule has 0 aliphatic heterocycles. The minimum Gasteiger partial charge on any atom is -0.463 e. The third-order valence-corrected chi connectivity index (χ3v) is 4.03. The highest BCUT2D eigenvalue weighted by Gasteiger charge is 2.12. The molecule has 0 radical (unpaired) electrons. The molecular weight excluding hydrogens is 326 g/mol. The Labute approximate surface area is 140 Å². The molecule has 4 aromatic heterocycles. The smallest absolute Gasteiger partial charge is 0.257 e. The number of hydrogen-bond donors (Lipinski definition) is 1. The van der Waals surface area contributed by atoms with E-state index in [0.717, 1.165) is 0 Å². The number of imidazole rings is 1. The van der Waals surface area contributed by atoms with Gasteiger partial charge in [0.1, 0.15) is 17.8 Å². The van der Waals surface area contributed by atoms with Crippen LogP contribution in [-0.2, 0) is 0 Å². The first-order valence-corrected chi connectivity index (χ1v) is 7.93. The molecule has 7 nitrogen and oxygen atoms in total. The number of carbonyl (C=O) groups is 1. The lowest BCUT2D eigenvalue weighted by Gasteiger charge is -2.04. The van der Waals surface area contributed by atoms with Gasteiger partial charge in [0.25, 0.3) is 5.91 Å². The average molecular weight is 337 g/mol. The summed E-state index contributed by atoms with van der Waals surface area (Å²) in [6, 6.07) is 6.96. The Hall–Kier alpha value is -3.26. The second-order valence-electron chi connectivity index (χ2n) is 4.84.